The minimum atomic E-state index is -5.65. The minimum Gasteiger partial charge on any atom is -0.493 e. The summed E-state index contributed by atoms with van der Waals surface area (Å²) >= 11 is 3.14. The van der Waals surface area contributed by atoms with E-state index in [9.17, 15) is 22.0 Å². The van der Waals surface area contributed by atoms with Crippen molar-refractivity contribution in [1.82, 2.24) is 5.32 Å². The van der Waals surface area contributed by atoms with Crippen molar-refractivity contribution in [2.24, 2.45) is 0 Å². The first-order valence-corrected chi connectivity index (χ1v) is 7.10. The van der Waals surface area contributed by atoms with Crippen molar-refractivity contribution in [2.75, 3.05) is 13.2 Å². The number of rotatable bonds is 4. The first-order chi connectivity index (χ1) is 9.68. The summed E-state index contributed by atoms with van der Waals surface area (Å²) in [5, 5.41) is 2.23. The van der Waals surface area contributed by atoms with Gasteiger partial charge in [0.05, 0.1) is 6.61 Å². The molecule has 1 N–H and O–H groups in total. The van der Waals surface area contributed by atoms with Gasteiger partial charge in [-0.05, 0) is 24.2 Å². The van der Waals surface area contributed by atoms with Crippen LogP contribution >= 0.6 is 15.9 Å². The van der Waals surface area contributed by atoms with Gasteiger partial charge in [-0.25, -0.2) is 0 Å². The Bertz CT molecular complexity index is 532. The number of fused-ring (bicyclic) bond motifs is 1. The maximum Gasteiger partial charge on any atom is 0.455 e. The lowest BCUT2D eigenvalue weighted by Gasteiger charge is -2.30. The topological polar surface area (TPSA) is 21.3 Å². The van der Waals surface area contributed by atoms with E-state index in [4.69, 9.17) is 4.74 Å². The standard InChI is InChI=1S/C13H13BrF5NO/c1-2-20-11(12(15,16)13(17,18)19)9-6-8(14)5-7-3-4-21-10(7)9/h5-6,11,20H,2-4H2,1H3. The summed E-state index contributed by atoms with van der Waals surface area (Å²) in [4.78, 5) is 0. The van der Waals surface area contributed by atoms with Crippen LogP contribution in [0.1, 0.15) is 24.1 Å². The van der Waals surface area contributed by atoms with Crippen LogP contribution in [-0.4, -0.2) is 25.3 Å². The number of benzene rings is 1. The fourth-order valence-corrected chi connectivity index (χ4v) is 2.84. The molecule has 8 heteroatoms. The second-order valence-electron chi connectivity index (χ2n) is 4.69. The number of hydrogen-bond acceptors (Lipinski definition) is 2. The van der Waals surface area contributed by atoms with Crippen LogP contribution in [0.4, 0.5) is 22.0 Å². The molecule has 1 aliphatic rings. The van der Waals surface area contributed by atoms with Crippen molar-refractivity contribution in [1.29, 1.82) is 0 Å². The van der Waals surface area contributed by atoms with Crippen LogP contribution in [0.15, 0.2) is 16.6 Å². The molecule has 2 rings (SSSR count). The molecule has 1 aromatic carbocycles. The third kappa shape index (κ3) is 3.01. The predicted molar refractivity (Wildman–Crippen MR) is 70.8 cm³/mol. The average molecular weight is 374 g/mol. The number of ether oxygens (including phenoxy) is 1. The van der Waals surface area contributed by atoms with Crippen molar-refractivity contribution in [3.8, 4) is 5.75 Å². The molecule has 0 aliphatic carbocycles. The Morgan fingerprint density at radius 2 is 1.95 bits per heavy atom. The van der Waals surface area contributed by atoms with E-state index in [1.807, 2.05) is 0 Å². The molecule has 0 radical (unpaired) electrons. The number of alkyl halides is 5. The van der Waals surface area contributed by atoms with Crippen LogP contribution in [0, 0.1) is 0 Å². The van der Waals surface area contributed by atoms with Gasteiger partial charge >= 0.3 is 12.1 Å². The van der Waals surface area contributed by atoms with E-state index in [1.165, 1.54) is 13.0 Å². The van der Waals surface area contributed by atoms with Crippen molar-refractivity contribution >= 4 is 15.9 Å². The highest BCUT2D eigenvalue weighted by Crippen LogP contribution is 2.48. The smallest absolute Gasteiger partial charge is 0.455 e. The number of nitrogens with one attached hydrogen (secondary N) is 1. The molecule has 0 saturated heterocycles. The zero-order chi connectivity index (χ0) is 15.8. The Morgan fingerprint density at radius 1 is 1.29 bits per heavy atom. The van der Waals surface area contributed by atoms with E-state index < -0.39 is 18.1 Å². The lowest BCUT2D eigenvalue weighted by molar-refractivity contribution is -0.294. The van der Waals surface area contributed by atoms with Crippen LogP contribution in [0.5, 0.6) is 5.75 Å². The molecule has 1 aromatic rings. The van der Waals surface area contributed by atoms with Gasteiger partial charge in [0.15, 0.2) is 0 Å². The van der Waals surface area contributed by atoms with Crippen molar-refractivity contribution in [3.63, 3.8) is 0 Å². The molecule has 1 aliphatic heterocycles. The van der Waals surface area contributed by atoms with E-state index in [1.54, 1.807) is 6.07 Å². The summed E-state index contributed by atoms with van der Waals surface area (Å²) in [7, 11) is 0. The third-order valence-corrected chi connectivity index (χ3v) is 3.69. The summed E-state index contributed by atoms with van der Waals surface area (Å²) in [6.07, 6.45) is -5.16. The van der Waals surface area contributed by atoms with E-state index in [0.717, 1.165) is 0 Å². The summed E-state index contributed by atoms with van der Waals surface area (Å²) in [6.45, 7) is 1.71. The zero-order valence-electron chi connectivity index (χ0n) is 11.0. The van der Waals surface area contributed by atoms with Gasteiger partial charge in [-0.2, -0.15) is 22.0 Å². The van der Waals surface area contributed by atoms with Gasteiger partial charge in [0.1, 0.15) is 11.8 Å². The van der Waals surface area contributed by atoms with Gasteiger partial charge in [-0.1, -0.05) is 22.9 Å². The molecular formula is C13H13BrF5NO. The molecule has 118 valence electrons. The van der Waals surface area contributed by atoms with Crippen molar-refractivity contribution in [2.45, 2.75) is 31.5 Å². The fraction of sp³-hybridized carbons (Fsp3) is 0.538. The van der Waals surface area contributed by atoms with Crippen molar-refractivity contribution < 1.29 is 26.7 Å². The van der Waals surface area contributed by atoms with Gasteiger partial charge in [0.2, 0.25) is 0 Å². The molecule has 1 atom stereocenters. The normalized spacial score (nSPS) is 16.5. The summed E-state index contributed by atoms with van der Waals surface area (Å²) in [6, 6.07) is 0.726. The lowest BCUT2D eigenvalue weighted by Crippen LogP contribution is -2.48. The highest BCUT2D eigenvalue weighted by molar-refractivity contribution is 9.10. The SMILES string of the molecule is CCNC(c1cc(Br)cc2c1OCC2)C(F)(F)C(F)(F)F. The number of hydrogen-bond donors (Lipinski definition) is 1. The minimum absolute atomic E-state index is 0.0301. The second-order valence-corrected chi connectivity index (χ2v) is 5.61. The summed E-state index contributed by atoms with van der Waals surface area (Å²) in [5.41, 5.74) is 0.446. The molecular weight excluding hydrogens is 361 g/mol. The fourth-order valence-electron chi connectivity index (χ4n) is 2.31. The van der Waals surface area contributed by atoms with E-state index in [-0.39, 0.29) is 24.5 Å². The van der Waals surface area contributed by atoms with Crippen LogP contribution in [-0.2, 0) is 6.42 Å². The van der Waals surface area contributed by atoms with Gasteiger partial charge in [-0.15, -0.1) is 0 Å². The van der Waals surface area contributed by atoms with Gasteiger partial charge in [-0.3, -0.25) is 0 Å². The Labute approximate surface area is 126 Å². The van der Waals surface area contributed by atoms with E-state index >= 15 is 0 Å². The zero-order valence-corrected chi connectivity index (χ0v) is 12.6. The highest BCUT2D eigenvalue weighted by Gasteiger charge is 2.63. The van der Waals surface area contributed by atoms with Crippen LogP contribution < -0.4 is 10.1 Å². The average Bonchev–Trinajstić information content (AvgIpc) is 2.81. The first kappa shape index (κ1) is 16.5. The summed E-state index contributed by atoms with van der Waals surface area (Å²) in [5.74, 6) is -4.78. The monoisotopic (exact) mass is 373 g/mol. The lowest BCUT2D eigenvalue weighted by atomic mass is 9.96. The maximum absolute atomic E-state index is 13.8. The Kier molecular flexibility index (Phi) is 4.49. The predicted octanol–water partition coefficient (Wildman–Crippen LogP) is 4.23. The van der Waals surface area contributed by atoms with E-state index in [2.05, 4.69) is 21.2 Å². The molecule has 0 fully saturated rings. The molecule has 1 unspecified atom stereocenters. The van der Waals surface area contributed by atoms with Gasteiger partial charge < -0.3 is 10.1 Å². The van der Waals surface area contributed by atoms with Crippen LogP contribution in [0.3, 0.4) is 0 Å². The highest BCUT2D eigenvalue weighted by atomic mass is 79.9. The summed E-state index contributed by atoms with van der Waals surface area (Å²) < 4.78 is 71.4. The van der Waals surface area contributed by atoms with Gasteiger partial charge in [0, 0.05) is 16.5 Å². The molecule has 0 amide bonds. The van der Waals surface area contributed by atoms with Gasteiger partial charge in [0.25, 0.3) is 0 Å². The molecule has 21 heavy (non-hydrogen) atoms. The molecule has 0 aromatic heterocycles. The quantitative estimate of drug-likeness (QED) is 0.797. The second kappa shape index (κ2) is 5.72. The third-order valence-electron chi connectivity index (χ3n) is 3.24. The Balaban J connectivity index is 2.54. The van der Waals surface area contributed by atoms with E-state index in [0.29, 0.717) is 16.5 Å². The molecule has 1 heterocycles. The Hall–Kier alpha value is -0.890. The largest absolute Gasteiger partial charge is 0.493 e. The maximum atomic E-state index is 13.8. The Morgan fingerprint density at radius 3 is 2.52 bits per heavy atom. The number of halogens is 6. The molecule has 0 saturated carbocycles. The molecule has 0 spiro atoms. The first-order valence-electron chi connectivity index (χ1n) is 6.31. The van der Waals surface area contributed by atoms with Crippen LogP contribution in [0.25, 0.3) is 0 Å². The molecule has 0 bridgehead atoms. The van der Waals surface area contributed by atoms with Crippen LogP contribution in [0.2, 0.25) is 0 Å². The van der Waals surface area contributed by atoms with Crippen molar-refractivity contribution in [3.05, 3.63) is 27.7 Å². The molecule has 2 nitrogen and oxygen atoms in total.